The van der Waals surface area contributed by atoms with Gasteiger partial charge in [0, 0.05) is 0 Å². The Bertz CT molecular complexity index is 3560. The second-order valence-corrected chi connectivity index (χ2v) is 15.5. The highest BCUT2D eigenvalue weighted by Gasteiger charge is 2.27. The molecular weight excluding hydrogens is 677 g/mol. The quantitative estimate of drug-likeness (QED) is 0.130. The second-order valence-electron chi connectivity index (χ2n) is 15.5. The molecule has 0 fully saturated rings. The van der Waals surface area contributed by atoms with Gasteiger partial charge in [-0.05, 0) is 188 Å². The number of aryl methyl sites for hydroxylation is 2. The van der Waals surface area contributed by atoms with E-state index in [1.54, 1.807) is 6.07 Å². The predicted octanol–water partition coefficient (Wildman–Crippen LogP) is 15.1. The summed E-state index contributed by atoms with van der Waals surface area (Å²) < 4.78 is 0. The van der Waals surface area contributed by atoms with Crippen molar-refractivity contribution in [2.75, 3.05) is 0 Å². The van der Waals surface area contributed by atoms with Crippen LogP contribution >= 0.6 is 0 Å². The van der Waals surface area contributed by atoms with E-state index >= 15 is 0 Å². The van der Waals surface area contributed by atoms with Gasteiger partial charge in [0.05, 0.1) is 18.2 Å². The van der Waals surface area contributed by atoms with Crippen LogP contribution in [0.3, 0.4) is 0 Å². The fourth-order valence-corrected chi connectivity index (χ4v) is 9.88. The third-order valence-electron chi connectivity index (χ3n) is 12.7. The predicted molar refractivity (Wildman–Crippen MR) is 234 cm³/mol. The van der Waals surface area contributed by atoms with Gasteiger partial charge >= 0.3 is 0 Å². The van der Waals surface area contributed by atoms with Crippen LogP contribution in [0.4, 0.5) is 5.69 Å². The van der Waals surface area contributed by atoms with Crippen molar-refractivity contribution in [3.63, 3.8) is 0 Å². The van der Waals surface area contributed by atoms with Crippen LogP contribution in [0.25, 0.3) is 125 Å². The van der Waals surface area contributed by atoms with Gasteiger partial charge in [0.1, 0.15) is 0 Å². The molecular formula is C54H30N2. The molecule has 0 N–H and O–H groups in total. The van der Waals surface area contributed by atoms with Gasteiger partial charge in [-0.3, -0.25) is 0 Å². The Hall–Kier alpha value is -7.52. The first-order chi connectivity index (χ1) is 27.5. The lowest BCUT2D eigenvalue weighted by Crippen LogP contribution is -1.92. The van der Waals surface area contributed by atoms with Gasteiger partial charge in [0.2, 0.25) is 5.69 Å². The fourth-order valence-electron chi connectivity index (χ4n) is 9.88. The van der Waals surface area contributed by atoms with E-state index in [2.05, 4.69) is 152 Å². The Kier molecular flexibility index (Phi) is 6.08. The number of nitrogens with zero attached hydrogens (tertiary/aromatic N) is 2. The third kappa shape index (κ3) is 4.03. The molecule has 2 aliphatic rings. The van der Waals surface area contributed by atoms with Crippen LogP contribution in [0.15, 0.2) is 146 Å². The maximum absolute atomic E-state index is 9.86. The van der Waals surface area contributed by atoms with Gasteiger partial charge in [-0.25, -0.2) is 4.85 Å². The SMILES string of the molecule is [C-]#[N+]c1cc(-c2cc3c4cc5c(cc4c(-c4ccc(C)c(C)c4)cc3c3cc4c(cc23)-c2cccc3cccc-4c23)-c2cccc3cccc-5c23)ccc1C#N. The monoisotopic (exact) mass is 706 g/mol. The minimum atomic E-state index is 0.371. The van der Waals surface area contributed by atoms with Gasteiger partial charge in [0.15, 0.2) is 0 Å². The second kappa shape index (κ2) is 11.0. The van der Waals surface area contributed by atoms with Crippen molar-refractivity contribution < 1.29 is 0 Å². The Morgan fingerprint density at radius 1 is 0.411 bits per heavy atom. The first-order valence-corrected chi connectivity index (χ1v) is 19.1. The molecule has 2 aliphatic carbocycles. The summed E-state index contributed by atoms with van der Waals surface area (Å²) in [6, 6.07) is 55.8. The van der Waals surface area contributed by atoms with Gasteiger partial charge in [-0.2, -0.15) is 5.26 Å². The maximum Gasteiger partial charge on any atom is 0.205 e. The molecule has 0 heterocycles. The molecule has 0 radical (unpaired) electrons. The van der Waals surface area contributed by atoms with Crippen LogP contribution in [-0.2, 0) is 0 Å². The maximum atomic E-state index is 9.86. The van der Waals surface area contributed by atoms with Gasteiger partial charge in [0.25, 0.3) is 0 Å². The van der Waals surface area contributed by atoms with Crippen LogP contribution < -0.4 is 0 Å². The van der Waals surface area contributed by atoms with Crippen molar-refractivity contribution in [1.29, 1.82) is 5.26 Å². The van der Waals surface area contributed by atoms with Gasteiger partial charge < -0.3 is 0 Å². The molecule has 0 aromatic heterocycles. The first-order valence-electron chi connectivity index (χ1n) is 19.1. The fraction of sp³-hybridized carbons (Fsp3) is 0.0370. The minimum Gasteiger partial charge on any atom is -0.237 e. The highest BCUT2D eigenvalue weighted by atomic mass is 14.6. The summed E-state index contributed by atoms with van der Waals surface area (Å²) >= 11 is 0. The van der Waals surface area contributed by atoms with E-state index in [1.807, 2.05) is 12.1 Å². The zero-order chi connectivity index (χ0) is 37.4. The Morgan fingerprint density at radius 2 is 0.821 bits per heavy atom. The molecule has 56 heavy (non-hydrogen) atoms. The van der Waals surface area contributed by atoms with E-state index in [-0.39, 0.29) is 0 Å². The summed E-state index contributed by atoms with van der Waals surface area (Å²) in [4.78, 5) is 3.79. The number of nitriles is 1. The molecule has 0 unspecified atom stereocenters. The van der Waals surface area contributed by atoms with Crippen LogP contribution in [0.1, 0.15) is 16.7 Å². The molecule has 256 valence electrons. The normalized spacial score (nSPS) is 12.1. The molecule has 0 aliphatic heterocycles. The molecule has 0 amide bonds. The molecule has 12 rings (SSSR count). The van der Waals surface area contributed by atoms with Crippen molar-refractivity contribution in [2.24, 2.45) is 0 Å². The topological polar surface area (TPSA) is 28.1 Å². The molecule has 10 aromatic rings. The average Bonchev–Trinajstić information content (AvgIpc) is 3.73. The largest absolute Gasteiger partial charge is 0.237 e. The number of hydrogen-bond acceptors (Lipinski definition) is 1. The third-order valence-corrected chi connectivity index (χ3v) is 12.7. The standard InChI is InChI=1S/C54H30N2/c1-29-16-17-33(20-30(29)2)40-22-48-49(50-26-44-38-14-6-10-31-8-4-12-36(53(31)38)42(44)24-46(40)50)23-41(34-18-19-35(28-55)52(21-34)56-3)47-25-43-37-13-5-9-32-11-7-15-39(54(32)37)45(43)27-51(47)48/h4-27H,1-2H3. The molecule has 2 heteroatoms. The van der Waals surface area contributed by atoms with E-state index in [1.165, 1.54) is 115 Å². The zero-order valence-corrected chi connectivity index (χ0v) is 30.8. The summed E-state index contributed by atoms with van der Waals surface area (Å²) in [7, 11) is 0. The highest BCUT2D eigenvalue weighted by molar-refractivity contribution is 6.29. The molecule has 0 saturated heterocycles. The molecule has 10 aromatic carbocycles. The summed E-state index contributed by atoms with van der Waals surface area (Å²) in [5, 5.41) is 22.1. The lowest BCUT2D eigenvalue weighted by Gasteiger charge is -2.19. The summed E-state index contributed by atoms with van der Waals surface area (Å²) in [6.07, 6.45) is 0. The molecule has 2 nitrogen and oxygen atoms in total. The van der Waals surface area contributed by atoms with Crippen molar-refractivity contribution >= 4 is 59.5 Å². The Labute approximate surface area is 324 Å². The van der Waals surface area contributed by atoms with Gasteiger partial charge in [-0.1, -0.05) is 103 Å². The van der Waals surface area contributed by atoms with E-state index in [0.29, 0.717) is 11.3 Å². The van der Waals surface area contributed by atoms with Crippen molar-refractivity contribution in [2.45, 2.75) is 13.8 Å². The smallest absolute Gasteiger partial charge is 0.205 e. The number of fused-ring (bicyclic) bond motifs is 11. The number of hydrogen-bond donors (Lipinski definition) is 0. The Balaban J connectivity index is 1.28. The lowest BCUT2D eigenvalue weighted by atomic mass is 9.84. The highest BCUT2D eigenvalue weighted by Crippen LogP contribution is 2.54. The van der Waals surface area contributed by atoms with Crippen LogP contribution in [0.2, 0.25) is 0 Å². The van der Waals surface area contributed by atoms with E-state index in [4.69, 9.17) is 6.57 Å². The summed E-state index contributed by atoms with van der Waals surface area (Å²) in [5.41, 5.74) is 17.8. The molecule has 0 bridgehead atoms. The summed E-state index contributed by atoms with van der Waals surface area (Å²) in [5.74, 6) is 0. The van der Waals surface area contributed by atoms with Crippen LogP contribution in [-0.4, -0.2) is 0 Å². The Morgan fingerprint density at radius 3 is 1.27 bits per heavy atom. The number of rotatable bonds is 2. The van der Waals surface area contributed by atoms with Crippen LogP contribution in [0, 0.1) is 31.8 Å². The van der Waals surface area contributed by atoms with E-state index in [0.717, 1.165) is 16.5 Å². The average molecular weight is 707 g/mol. The first kappa shape index (κ1) is 30.9. The minimum absolute atomic E-state index is 0.371. The van der Waals surface area contributed by atoms with Crippen molar-refractivity contribution in [1.82, 2.24) is 0 Å². The molecule has 0 atom stereocenters. The van der Waals surface area contributed by atoms with Crippen molar-refractivity contribution in [3.05, 3.63) is 174 Å². The molecule has 0 saturated carbocycles. The van der Waals surface area contributed by atoms with E-state index < -0.39 is 0 Å². The lowest BCUT2D eigenvalue weighted by molar-refractivity contribution is 1.34. The number of benzene rings is 10. The summed E-state index contributed by atoms with van der Waals surface area (Å²) in [6.45, 7) is 12.4. The van der Waals surface area contributed by atoms with Crippen LogP contribution in [0.5, 0.6) is 0 Å². The zero-order valence-electron chi connectivity index (χ0n) is 30.8. The van der Waals surface area contributed by atoms with Gasteiger partial charge in [-0.15, -0.1) is 0 Å². The van der Waals surface area contributed by atoms with Crippen molar-refractivity contribution in [3.8, 4) is 72.8 Å². The molecule has 0 spiro atoms. The van der Waals surface area contributed by atoms with E-state index in [9.17, 15) is 5.26 Å².